The van der Waals surface area contributed by atoms with Gasteiger partial charge >= 0.3 is 5.97 Å². The van der Waals surface area contributed by atoms with Crippen LogP contribution in [0.15, 0.2) is 34.1 Å². The number of hydrogen-bond donors (Lipinski definition) is 2. The molecule has 0 aromatic carbocycles. The number of furan rings is 1. The van der Waals surface area contributed by atoms with Crippen LogP contribution in [-0.4, -0.2) is 17.0 Å². The standard InChI is InChI=1S/C12H11NO4S/c1-7(10-3-2-6-18-10)13-11(14)8-4-5-9(17-8)12(15)16/h2-7H,1H3,(H,13,14)(H,15,16). The van der Waals surface area contributed by atoms with Crippen molar-refractivity contribution in [2.45, 2.75) is 13.0 Å². The Hall–Kier alpha value is -2.08. The fraction of sp³-hybridized carbons (Fsp3) is 0.167. The van der Waals surface area contributed by atoms with Crippen LogP contribution >= 0.6 is 11.3 Å². The van der Waals surface area contributed by atoms with Crippen LogP contribution in [0.25, 0.3) is 0 Å². The van der Waals surface area contributed by atoms with Crippen LogP contribution in [0.5, 0.6) is 0 Å². The van der Waals surface area contributed by atoms with Crippen molar-refractivity contribution in [3.8, 4) is 0 Å². The zero-order valence-corrected chi connectivity index (χ0v) is 10.4. The minimum absolute atomic E-state index is 0.00388. The van der Waals surface area contributed by atoms with E-state index in [1.54, 1.807) is 0 Å². The molecule has 1 unspecified atom stereocenters. The minimum atomic E-state index is -1.19. The molecule has 2 N–H and O–H groups in total. The lowest BCUT2D eigenvalue weighted by molar-refractivity contribution is 0.0659. The first kappa shape index (κ1) is 12.4. The van der Waals surface area contributed by atoms with Crippen LogP contribution in [0.3, 0.4) is 0 Å². The Morgan fingerprint density at radius 3 is 2.61 bits per heavy atom. The van der Waals surface area contributed by atoms with E-state index in [1.165, 1.54) is 23.5 Å². The summed E-state index contributed by atoms with van der Waals surface area (Å²) in [6.45, 7) is 1.85. The summed E-state index contributed by atoms with van der Waals surface area (Å²) in [7, 11) is 0. The Balaban J connectivity index is 2.05. The Morgan fingerprint density at radius 1 is 1.33 bits per heavy atom. The second-order valence-corrected chi connectivity index (χ2v) is 4.66. The second kappa shape index (κ2) is 5.05. The Morgan fingerprint density at radius 2 is 2.06 bits per heavy atom. The highest BCUT2D eigenvalue weighted by Crippen LogP contribution is 2.19. The molecule has 5 nitrogen and oxygen atoms in total. The maximum Gasteiger partial charge on any atom is 0.371 e. The summed E-state index contributed by atoms with van der Waals surface area (Å²) in [4.78, 5) is 23.4. The highest BCUT2D eigenvalue weighted by atomic mass is 32.1. The topological polar surface area (TPSA) is 79.5 Å². The van der Waals surface area contributed by atoms with E-state index >= 15 is 0 Å². The number of carboxylic acid groups (broad SMARTS) is 1. The van der Waals surface area contributed by atoms with Gasteiger partial charge in [0, 0.05) is 4.88 Å². The van der Waals surface area contributed by atoms with Gasteiger partial charge in [0.05, 0.1) is 6.04 Å². The lowest BCUT2D eigenvalue weighted by atomic mass is 10.2. The Labute approximate surface area is 107 Å². The number of carbonyl (C=O) groups excluding carboxylic acids is 1. The van der Waals surface area contributed by atoms with Gasteiger partial charge in [-0.2, -0.15) is 0 Å². The van der Waals surface area contributed by atoms with Gasteiger partial charge in [0.2, 0.25) is 5.76 Å². The van der Waals surface area contributed by atoms with E-state index in [1.807, 2.05) is 24.4 Å². The number of nitrogens with one attached hydrogen (secondary N) is 1. The molecular weight excluding hydrogens is 254 g/mol. The molecule has 0 saturated heterocycles. The smallest absolute Gasteiger partial charge is 0.371 e. The Kier molecular flexibility index (Phi) is 3.47. The van der Waals surface area contributed by atoms with E-state index in [-0.39, 0.29) is 17.6 Å². The van der Waals surface area contributed by atoms with Crippen LogP contribution in [0.1, 0.15) is 39.0 Å². The van der Waals surface area contributed by atoms with E-state index < -0.39 is 11.9 Å². The van der Waals surface area contributed by atoms with Crippen LogP contribution in [0.4, 0.5) is 0 Å². The molecule has 0 bridgehead atoms. The van der Waals surface area contributed by atoms with Crippen LogP contribution in [0, 0.1) is 0 Å². The fourth-order valence-electron chi connectivity index (χ4n) is 1.45. The lowest BCUT2D eigenvalue weighted by Crippen LogP contribution is -2.25. The third-order valence-corrected chi connectivity index (χ3v) is 3.41. The first-order valence-corrected chi connectivity index (χ1v) is 6.13. The molecule has 1 atom stereocenters. The Bertz CT molecular complexity index is 558. The van der Waals surface area contributed by atoms with Crippen LogP contribution in [0.2, 0.25) is 0 Å². The molecule has 0 aliphatic carbocycles. The van der Waals surface area contributed by atoms with Crippen LogP contribution in [-0.2, 0) is 0 Å². The van der Waals surface area contributed by atoms with E-state index in [0.717, 1.165) is 4.88 Å². The molecule has 6 heteroatoms. The molecule has 2 heterocycles. The second-order valence-electron chi connectivity index (χ2n) is 3.68. The van der Waals surface area contributed by atoms with E-state index in [2.05, 4.69) is 5.32 Å². The summed E-state index contributed by atoms with van der Waals surface area (Å²) in [5.41, 5.74) is 0. The molecule has 18 heavy (non-hydrogen) atoms. The molecular formula is C12H11NO4S. The molecule has 0 aliphatic heterocycles. The number of carboxylic acids is 1. The average molecular weight is 265 g/mol. The van der Waals surface area contributed by atoms with Crippen molar-refractivity contribution in [2.75, 3.05) is 0 Å². The minimum Gasteiger partial charge on any atom is -0.475 e. The molecule has 0 fully saturated rings. The van der Waals surface area contributed by atoms with E-state index in [0.29, 0.717) is 0 Å². The van der Waals surface area contributed by atoms with Crippen molar-refractivity contribution in [2.24, 2.45) is 0 Å². The van der Waals surface area contributed by atoms with Crippen molar-refractivity contribution < 1.29 is 19.1 Å². The summed E-state index contributed by atoms with van der Waals surface area (Å²) in [5.74, 6) is -1.87. The zero-order valence-electron chi connectivity index (χ0n) is 9.54. The highest BCUT2D eigenvalue weighted by Gasteiger charge is 2.17. The van der Waals surface area contributed by atoms with Gasteiger partial charge in [0.1, 0.15) is 0 Å². The summed E-state index contributed by atoms with van der Waals surface area (Å²) in [6, 6.07) is 6.28. The molecule has 94 valence electrons. The molecule has 2 aromatic heterocycles. The molecule has 0 radical (unpaired) electrons. The van der Waals surface area contributed by atoms with Gasteiger partial charge < -0.3 is 14.8 Å². The van der Waals surface area contributed by atoms with Crippen molar-refractivity contribution in [3.05, 3.63) is 46.0 Å². The maximum atomic E-state index is 11.8. The van der Waals surface area contributed by atoms with Gasteiger partial charge in [0.25, 0.3) is 5.91 Å². The highest BCUT2D eigenvalue weighted by molar-refractivity contribution is 7.10. The summed E-state index contributed by atoms with van der Waals surface area (Å²) < 4.78 is 4.92. The van der Waals surface area contributed by atoms with Crippen molar-refractivity contribution in [3.63, 3.8) is 0 Å². The van der Waals surface area contributed by atoms with Gasteiger partial charge in [-0.3, -0.25) is 4.79 Å². The molecule has 0 saturated carbocycles. The number of rotatable bonds is 4. The predicted octanol–water partition coefficient (Wildman–Crippen LogP) is 2.53. The van der Waals surface area contributed by atoms with E-state index in [9.17, 15) is 9.59 Å². The predicted molar refractivity (Wildman–Crippen MR) is 65.9 cm³/mol. The third kappa shape index (κ3) is 2.60. The largest absolute Gasteiger partial charge is 0.475 e. The summed E-state index contributed by atoms with van der Waals surface area (Å²) in [5, 5.41) is 13.3. The number of thiophene rings is 1. The van der Waals surface area contributed by atoms with Crippen molar-refractivity contribution in [1.29, 1.82) is 0 Å². The van der Waals surface area contributed by atoms with Gasteiger partial charge in [0.15, 0.2) is 5.76 Å². The lowest BCUT2D eigenvalue weighted by Gasteiger charge is -2.10. The van der Waals surface area contributed by atoms with E-state index in [4.69, 9.17) is 9.52 Å². The van der Waals surface area contributed by atoms with Gasteiger partial charge in [-0.25, -0.2) is 4.79 Å². The quantitative estimate of drug-likeness (QED) is 0.890. The zero-order chi connectivity index (χ0) is 13.1. The monoisotopic (exact) mass is 265 g/mol. The van der Waals surface area contributed by atoms with Crippen molar-refractivity contribution in [1.82, 2.24) is 5.32 Å². The number of amides is 1. The molecule has 0 spiro atoms. The summed E-state index contributed by atoms with van der Waals surface area (Å²) in [6.07, 6.45) is 0. The van der Waals surface area contributed by atoms with Crippen molar-refractivity contribution >= 4 is 23.2 Å². The summed E-state index contributed by atoms with van der Waals surface area (Å²) >= 11 is 1.54. The first-order valence-electron chi connectivity index (χ1n) is 5.25. The van der Waals surface area contributed by atoms with Gasteiger partial charge in [-0.15, -0.1) is 11.3 Å². The SMILES string of the molecule is CC(NC(=O)c1ccc(C(=O)O)o1)c1cccs1. The number of carbonyl (C=O) groups is 2. The molecule has 2 aromatic rings. The van der Waals surface area contributed by atoms with Crippen LogP contribution < -0.4 is 5.32 Å². The number of hydrogen-bond acceptors (Lipinski definition) is 4. The van der Waals surface area contributed by atoms with Gasteiger partial charge in [-0.1, -0.05) is 6.07 Å². The third-order valence-electron chi connectivity index (χ3n) is 2.36. The molecule has 0 aliphatic rings. The first-order chi connectivity index (χ1) is 8.58. The molecule has 1 amide bonds. The van der Waals surface area contributed by atoms with Gasteiger partial charge in [-0.05, 0) is 30.5 Å². The average Bonchev–Trinajstić information content (AvgIpc) is 3.00. The maximum absolute atomic E-state index is 11.8. The molecule has 2 rings (SSSR count). The normalized spacial score (nSPS) is 12.1. The number of aromatic carboxylic acids is 1. The fourth-order valence-corrected chi connectivity index (χ4v) is 2.19.